The van der Waals surface area contributed by atoms with E-state index in [1.807, 2.05) is 0 Å². The van der Waals surface area contributed by atoms with E-state index in [1.165, 1.54) is 6.42 Å². The van der Waals surface area contributed by atoms with Crippen molar-refractivity contribution in [2.24, 2.45) is 29.6 Å². The fraction of sp³-hybridized carbons (Fsp3) is 1.00. The lowest BCUT2D eigenvalue weighted by Gasteiger charge is -2.51. The van der Waals surface area contributed by atoms with Crippen molar-refractivity contribution in [3.63, 3.8) is 0 Å². The van der Waals surface area contributed by atoms with Gasteiger partial charge in [0.15, 0.2) is 0 Å². The molecule has 0 saturated heterocycles. The van der Waals surface area contributed by atoms with Gasteiger partial charge in [0.2, 0.25) is 0 Å². The molecule has 0 amide bonds. The monoisotopic (exact) mass is 170 g/mol. The van der Waals surface area contributed by atoms with Gasteiger partial charge in [0.25, 0.3) is 0 Å². The van der Waals surface area contributed by atoms with Crippen molar-refractivity contribution in [1.82, 2.24) is 0 Å². The Morgan fingerprint density at radius 2 is 1.75 bits per heavy atom. The standard InChI is InChI=1S/C11H22O/c1-5-7(2)11-8(3)10(6-12)9(11)4/h7-12H,5-6H2,1-4H3. The molecule has 1 rings (SSSR count). The maximum atomic E-state index is 9.10. The fourth-order valence-electron chi connectivity index (χ4n) is 3.02. The van der Waals surface area contributed by atoms with E-state index in [-0.39, 0.29) is 0 Å². The average Bonchev–Trinajstić information content (AvgIpc) is 2.05. The third-order valence-corrected chi connectivity index (χ3v) is 4.08. The second-order valence-electron chi connectivity index (χ2n) is 4.53. The number of hydrogen-bond acceptors (Lipinski definition) is 1. The average molecular weight is 170 g/mol. The summed E-state index contributed by atoms with van der Waals surface area (Å²) in [6.07, 6.45) is 1.28. The van der Waals surface area contributed by atoms with E-state index in [2.05, 4.69) is 27.7 Å². The lowest BCUT2D eigenvalue weighted by atomic mass is 9.54. The maximum Gasteiger partial charge on any atom is 0.0464 e. The molecular weight excluding hydrogens is 148 g/mol. The van der Waals surface area contributed by atoms with Gasteiger partial charge < -0.3 is 5.11 Å². The minimum absolute atomic E-state index is 0.384. The summed E-state index contributed by atoms with van der Waals surface area (Å²) in [6, 6.07) is 0. The van der Waals surface area contributed by atoms with Gasteiger partial charge in [-0.25, -0.2) is 0 Å². The SMILES string of the molecule is CCC(C)C1C(C)C(CO)C1C. The topological polar surface area (TPSA) is 20.2 Å². The molecule has 0 aromatic rings. The Labute approximate surface area is 76.2 Å². The summed E-state index contributed by atoms with van der Waals surface area (Å²) in [5, 5.41) is 9.10. The van der Waals surface area contributed by atoms with Gasteiger partial charge in [-0.05, 0) is 29.6 Å². The lowest BCUT2D eigenvalue weighted by molar-refractivity contribution is -0.0626. The van der Waals surface area contributed by atoms with Gasteiger partial charge in [-0.3, -0.25) is 0 Å². The van der Waals surface area contributed by atoms with E-state index in [0.717, 1.165) is 23.7 Å². The molecule has 1 fully saturated rings. The summed E-state index contributed by atoms with van der Waals surface area (Å²) >= 11 is 0. The quantitative estimate of drug-likeness (QED) is 0.690. The van der Waals surface area contributed by atoms with Gasteiger partial charge in [-0.15, -0.1) is 0 Å². The Morgan fingerprint density at radius 3 is 2.08 bits per heavy atom. The van der Waals surface area contributed by atoms with Crippen LogP contribution in [0.5, 0.6) is 0 Å². The zero-order valence-electron chi connectivity index (χ0n) is 8.75. The van der Waals surface area contributed by atoms with Crippen molar-refractivity contribution in [3.05, 3.63) is 0 Å². The van der Waals surface area contributed by atoms with Crippen molar-refractivity contribution < 1.29 is 5.11 Å². The van der Waals surface area contributed by atoms with Crippen molar-refractivity contribution in [3.8, 4) is 0 Å². The fourth-order valence-corrected chi connectivity index (χ4v) is 3.02. The number of rotatable bonds is 3. The molecule has 1 saturated carbocycles. The van der Waals surface area contributed by atoms with E-state index in [1.54, 1.807) is 0 Å². The molecule has 0 radical (unpaired) electrons. The Morgan fingerprint density at radius 1 is 1.25 bits per heavy atom. The molecule has 1 heteroatoms. The van der Waals surface area contributed by atoms with Crippen molar-refractivity contribution >= 4 is 0 Å². The van der Waals surface area contributed by atoms with Crippen LogP contribution >= 0.6 is 0 Å². The molecule has 0 aliphatic heterocycles. The highest BCUT2D eigenvalue weighted by Gasteiger charge is 2.45. The molecule has 72 valence electrons. The predicted molar refractivity (Wildman–Crippen MR) is 51.8 cm³/mol. The van der Waals surface area contributed by atoms with E-state index in [9.17, 15) is 0 Å². The number of aliphatic hydroxyl groups excluding tert-OH is 1. The Kier molecular flexibility index (Phi) is 3.16. The van der Waals surface area contributed by atoms with Crippen LogP contribution in [0, 0.1) is 29.6 Å². The molecule has 12 heavy (non-hydrogen) atoms. The molecule has 0 bridgehead atoms. The van der Waals surface area contributed by atoms with Gasteiger partial charge in [0.1, 0.15) is 0 Å². The zero-order chi connectivity index (χ0) is 9.30. The largest absolute Gasteiger partial charge is 0.396 e. The smallest absolute Gasteiger partial charge is 0.0464 e. The van der Waals surface area contributed by atoms with Crippen LogP contribution in [0.4, 0.5) is 0 Å². The normalized spacial score (nSPS) is 43.8. The van der Waals surface area contributed by atoms with Crippen LogP contribution in [0.2, 0.25) is 0 Å². The summed E-state index contributed by atoms with van der Waals surface area (Å²) in [4.78, 5) is 0. The molecule has 1 aliphatic rings. The van der Waals surface area contributed by atoms with Crippen molar-refractivity contribution in [2.45, 2.75) is 34.1 Å². The summed E-state index contributed by atoms with van der Waals surface area (Å²) in [5.74, 6) is 3.73. The van der Waals surface area contributed by atoms with Gasteiger partial charge in [0.05, 0.1) is 0 Å². The molecule has 1 nitrogen and oxygen atoms in total. The van der Waals surface area contributed by atoms with Crippen LogP contribution in [-0.4, -0.2) is 11.7 Å². The van der Waals surface area contributed by atoms with E-state index >= 15 is 0 Å². The molecule has 1 aliphatic carbocycles. The minimum atomic E-state index is 0.384. The molecule has 3 atom stereocenters. The molecule has 1 N–H and O–H groups in total. The first-order valence-electron chi connectivity index (χ1n) is 5.24. The zero-order valence-corrected chi connectivity index (χ0v) is 8.75. The van der Waals surface area contributed by atoms with Crippen LogP contribution in [-0.2, 0) is 0 Å². The third-order valence-electron chi connectivity index (χ3n) is 4.08. The Bertz CT molecular complexity index is 134. The first-order valence-corrected chi connectivity index (χ1v) is 5.24. The Hall–Kier alpha value is -0.0400. The van der Waals surface area contributed by atoms with Crippen molar-refractivity contribution in [2.75, 3.05) is 6.61 Å². The van der Waals surface area contributed by atoms with Crippen LogP contribution in [0.1, 0.15) is 34.1 Å². The van der Waals surface area contributed by atoms with Crippen LogP contribution in [0.15, 0.2) is 0 Å². The van der Waals surface area contributed by atoms with Crippen LogP contribution < -0.4 is 0 Å². The van der Waals surface area contributed by atoms with Gasteiger partial charge in [0, 0.05) is 6.61 Å². The van der Waals surface area contributed by atoms with Gasteiger partial charge >= 0.3 is 0 Å². The van der Waals surface area contributed by atoms with Crippen LogP contribution in [0.25, 0.3) is 0 Å². The number of hydrogen-bond donors (Lipinski definition) is 1. The summed E-state index contributed by atoms with van der Waals surface area (Å²) in [5.41, 5.74) is 0. The van der Waals surface area contributed by atoms with Gasteiger partial charge in [-0.2, -0.15) is 0 Å². The molecule has 0 heterocycles. The summed E-state index contributed by atoms with van der Waals surface area (Å²) in [7, 11) is 0. The predicted octanol–water partition coefficient (Wildman–Crippen LogP) is 2.54. The molecule has 0 spiro atoms. The molecule has 0 aromatic heterocycles. The second-order valence-corrected chi connectivity index (χ2v) is 4.53. The number of aliphatic hydroxyl groups is 1. The Balaban J connectivity index is 2.49. The first-order chi connectivity index (χ1) is 5.63. The summed E-state index contributed by atoms with van der Waals surface area (Å²) in [6.45, 7) is 9.56. The third kappa shape index (κ3) is 1.39. The van der Waals surface area contributed by atoms with E-state index in [4.69, 9.17) is 5.11 Å². The highest BCUT2D eigenvalue weighted by atomic mass is 16.3. The van der Waals surface area contributed by atoms with E-state index < -0.39 is 0 Å². The van der Waals surface area contributed by atoms with E-state index in [0.29, 0.717) is 12.5 Å². The second kappa shape index (κ2) is 3.78. The first kappa shape index (κ1) is 10.0. The van der Waals surface area contributed by atoms with Crippen LogP contribution in [0.3, 0.4) is 0 Å². The maximum absolute atomic E-state index is 9.10. The lowest BCUT2D eigenvalue weighted by Crippen LogP contribution is -2.48. The summed E-state index contributed by atoms with van der Waals surface area (Å²) < 4.78 is 0. The molecule has 3 unspecified atom stereocenters. The van der Waals surface area contributed by atoms with Gasteiger partial charge in [-0.1, -0.05) is 34.1 Å². The molecular formula is C11H22O. The highest BCUT2D eigenvalue weighted by molar-refractivity contribution is 4.93. The molecule has 0 aromatic carbocycles. The van der Waals surface area contributed by atoms with Crippen molar-refractivity contribution in [1.29, 1.82) is 0 Å². The minimum Gasteiger partial charge on any atom is -0.396 e. The highest BCUT2D eigenvalue weighted by Crippen LogP contribution is 2.49.